The van der Waals surface area contributed by atoms with Crippen LogP contribution in [0.25, 0.3) is 0 Å². The van der Waals surface area contributed by atoms with E-state index in [1.165, 1.54) is 12.1 Å². The van der Waals surface area contributed by atoms with E-state index in [1.807, 2.05) is 19.1 Å². The van der Waals surface area contributed by atoms with Crippen LogP contribution >= 0.6 is 12.2 Å². The summed E-state index contributed by atoms with van der Waals surface area (Å²) in [6.45, 7) is 4.15. The van der Waals surface area contributed by atoms with Crippen LogP contribution < -0.4 is 10.6 Å². The molecule has 3 heteroatoms. The Morgan fingerprint density at radius 2 is 2.07 bits per heavy atom. The highest BCUT2D eigenvalue weighted by Crippen LogP contribution is 2.33. The molecule has 2 nitrogen and oxygen atoms in total. The number of benzene rings is 1. The Balaban J connectivity index is 2.02. The van der Waals surface area contributed by atoms with E-state index in [2.05, 4.69) is 29.7 Å². The summed E-state index contributed by atoms with van der Waals surface area (Å²) in [5.41, 5.74) is 2.23. The van der Waals surface area contributed by atoms with Gasteiger partial charge in [-0.15, -0.1) is 0 Å². The maximum atomic E-state index is 5.01. The zero-order valence-electron chi connectivity index (χ0n) is 9.08. The molecule has 1 aliphatic rings. The molecule has 0 aliphatic heterocycles. The molecular weight excluding hydrogens is 204 g/mol. The molecule has 2 unspecified atom stereocenters. The first-order chi connectivity index (χ1) is 7.15. The normalized spacial score (nSPS) is 23.3. The predicted molar refractivity (Wildman–Crippen MR) is 69.5 cm³/mol. The van der Waals surface area contributed by atoms with Crippen LogP contribution in [0.2, 0.25) is 0 Å². The number of thiocarbonyl (C=S) groups is 1. The molecule has 15 heavy (non-hydrogen) atoms. The first-order valence-electron chi connectivity index (χ1n) is 5.29. The van der Waals surface area contributed by atoms with Crippen LogP contribution in [0.1, 0.15) is 20.3 Å². The van der Waals surface area contributed by atoms with Crippen molar-refractivity contribution in [3.05, 3.63) is 24.3 Å². The fourth-order valence-corrected chi connectivity index (χ4v) is 1.75. The molecule has 1 aromatic rings. The van der Waals surface area contributed by atoms with Crippen molar-refractivity contribution in [3.63, 3.8) is 0 Å². The highest BCUT2D eigenvalue weighted by molar-refractivity contribution is 7.80. The lowest BCUT2D eigenvalue weighted by Crippen LogP contribution is -2.06. The van der Waals surface area contributed by atoms with E-state index in [-0.39, 0.29) is 0 Å². The van der Waals surface area contributed by atoms with Crippen LogP contribution in [0.4, 0.5) is 11.4 Å². The summed E-state index contributed by atoms with van der Waals surface area (Å²) < 4.78 is 0. The van der Waals surface area contributed by atoms with Crippen molar-refractivity contribution >= 4 is 28.6 Å². The van der Waals surface area contributed by atoms with Crippen molar-refractivity contribution in [2.24, 2.45) is 5.92 Å². The zero-order valence-corrected chi connectivity index (χ0v) is 9.90. The van der Waals surface area contributed by atoms with Crippen molar-refractivity contribution in [1.29, 1.82) is 0 Å². The Morgan fingerprint density at radius 3 is 2.67 bits per heavy atom. The maximum absolute atomic E-state index is 5.01. The van der Waals surface area contributed by atoms with Crippen LogP contribution in [0.3, 0.4) is 0 Å². The summed E-state index contributed by atoms with van der Waals surface area (Å²) in [5, 5.41) is 6.64. The van der Waals surface area contributed by atoms with Gasteiger partial charge in [-0.2, -0.15) is 0 Å². The molecule has 1 fully saturated rings. The molecule has 0 bridgehead atoms. The summed E-state index contributed by atoms with van der Waals surface area (Å²) in [6.07, 6.45) is 1.28. The second-order valence-corrected chi connectivity index (χ2v) is 4.84. The molecule has 80 valence electrons. The lowest BCUT2D eigenvalue weighted by atomic mass is 10.2. The minimum atomic E-state index is 0.661. The lowest BCUT2D eigenvalue weighted by Gasteiger charge is -2.08. The average Bonchev–Trinajstić information content (AvgIpc) is 2.81. The third kappa shape index (κ3) is 2.93. The van der Waals surface area contributed by atoms with Gasteiger partial charge in [-0.3, -0.25) is 0 Å². The molecule has 0 aromatic heterocycles. The van der Waals surface area contributed by atoms with Gasteiger partial charge in [0, 0.05) is 17.4 Å². The van der Waals surface area contributed by atoms with Crippen LogP contribution in [0.5, 0.6) is 0 Å². The van der Waals surface area contributed by atoms with Crippen molar-refractivity contribution < 1.29 is 0 Å². The quantitative estimate of drug-likeness (QED) is 0.765. The second-order valence-electron chi connectivity index (χ2n) is 4.23. The summed E-state index contributed by atoms with van der Waals surface area (Å²) >= 11 is 5.01. The van der Waals surface area contributed by atoms with Crippen molar-refractivity contribution in [2.45, 2.75) is 26.3 Å². The third-order valence-electron chi connectivity index (χ3n) is 2.64. The van der Waals surface area contributed by atoms with Gasteiger partial charge < -0.3 is 10.6 Å². The van der Waals surface area contributed by atoms with Gasteiger partial charge in [0.2, 0.25) is 0 Å². The topological polar surface area (TPSA) is 24.1 Å². The van der Waals surface area contributed by atoms with Crippen LogP contribution in [0.15, 0.2) is 24.3 Å². The predicted octanol–water partition coefficient (Wildman–Crippen LogP) is 3.27. The largest absolute Gasteiger partial charge is 0.382 e. The van der Waals surface area contributed by atoms with Crippen LogP contribution in [-0.4, -0.2) is 11.0 Å². The van der Waals surface area contributed by atoms with E-state index < -0.39 is 0 Å². The molecule has 2 N–H and O–H groups in total. The molecule has 0 amide bonds. The SMILES string of the molecule is CC(=S)Nc1cccc(NC2CC2C)c1. The van der Waals surface area contributed by atoms with Gasteiger partial charge in [0.25, 0.3) is 0 Å². The highest BCUT2D eigenvalue weighted by atomic mass is 32.1. The Labute approximate surface area is 96.1 Å². The molecule has 2 rings (SSSR count). The van der Waals surface area contributed by atoms with Crippen molar-refractivity contribution in [1.82, 2.24) is 0 Å². The first-order valence-corrected chi connectivity index (χ1v) is 5.70. The van der Waals surface area contributed by atoms with E-state index in [4.69, 9.17) is 12.2 Å². The van der Waals surface area contributed by atoms with Gasteiger partial charge in [-0.1, -0.05) is 25.2 Å². The van der Waals surface area contributed by atoms with Crippen LogP contribution in [-0.2, 0) is 0 Å². The average molecular weight is 220 g/mol. The fourth-order valence-electron chi connectivity index (χ4n) is 1.63. The van der Waals surface area contributed by atoms with E-state index in [0.717, 1.165) is 16.6 Å². The maximum Gasteiger partial charge on any atom is 0.0765 e. The van der Waals surface area contributed by atoms with E-state index >= 15 is 0 Å². The summed E-state index contributed by atoms with van der Waals surface area (Å²) in [6, 6.07) is 8.91. The number of hydrogen-bond acceptors (Lipinski definition) is 2. The molecule has 0 saturated heterocycles. The molecular formula is C12H16N2S. The standard InChI is InChI=1S/C12H16N2S/c1-8-6-12(8)14-11-5-3-4-10(7-11)13-9(2)15/h3-5,7-8,12,14H,6H2,1-2H3,(H,13,15). The number of anilines is 2. The van der Waals surface area contributed by atoms with Gasteiger partial charge in [-0.25, -0.2) is 0 Å². The van der Waals surface area contributed by atoms with Gasteiger partial charge in [0.1, 0.15) is 0 Å². The van der Waals surface area contributed by atoms with Crippen LogP contribution in [0, 0.1) is 5.92 Å². The summed E-state index contributed by atoms with van der Waals surface area (Å²) in [4.78, 5) is 0.798. The lowest BCUT2D eigenvalue weighted by molar-refractivity contribution is 0.929. The molecule has 1 aromatic carbocycles. The fraction of sp³-hybridized carbons (Fsp3) is 0.417. The molecule has 1 aliphatic carbocycles. The molecule has 0 radical (unpaired) electrons. The van der Waals surface area contributed by atoms with Gasteiger partial charge in [-0.05, 0) is 37.5 Å². The van der Waals surface area contributed by atoms with Crippen molar-refractivity contribution in [3.8, 4) is 0 Å². The Morgan fingerprint density at radius 1 is 1.40 bits per heavy atom. The van der Waals surface area contributed by atoms with Gasteiger partial charge >= 0.3 is 0 Å². The van der Waals surface area contributed by atoms with E-state index in [1.54, 1.807) is 0 Å². The third-order valence-corrected chi connectivity index (χ3v) is 2.75. The zero-order chi connectivity index (χ0) is 10.8. The first kappa shape index (κ1) is 10.4. The Bertz CT molecular complexity index is 376. The van der Waals surface area contributed by atoms with E-state index in [0.29, 0.717) is 6.04 Å². The smallest absolute Gasteiger partial charge is 0.0765 e. The molecule has 0 heterocycles. The number of nitrogens with one attached hydrogen (secondary N) is 2. The van der Waals surface area contributed by atoms with Crippen molar-refractivity contribution in [2.75, 3.05) is 10.6 Å². The minimum Gasteiger partial charge on any atom is -0.382 e. The highest BCUT2D eigenvalue weighted by Gasteiger charge is 2.32. The summed E-state index contributed by atoms with van der Waals surface area (Å²) in [5.74, 6) is 0.814. The number of rotatable bonds is 3. The number of hydrogen-bond donors (Lipinski definition) is 2. The van der Waals surface area contributed by atoms with E-state index in [9.17, 15) is 0 Å². The monoisotopic (exact) mass is 220 g/mol. The summed E-state index contributed by atoms with van der Waals surface area (Å²) in [7, 11) is 0. The minimum absolute atomic E-state index is 0.661. The van der Waals surface area contributed by atoms with Gasteiger partial charge in [0.15, 0.2) is 0 Å². The van der Waals surface area contributed by atoms with Gasteiger partial charge in [0.05, 0.1) is 4.99 Å². The second kappa shape index (κ2) is 4.19. The molecule has 0 spiro atoms. The Hall–Kier alpha value is -1.09. The molecule has 1 saturated carbocycles. The molecule has 2 atom stereocenters. The Kier molecular flexibility index (Phi) is 2.91.